The van der Waals surface area contributed by atoms with E-state index in [-0.39, 0.29) is 47.7 Å². The van der Waals surface area contributed by atoms with Crippen LogP contribution in [0.15, 0.2) is 58.1 Å². The summed E-state index contributed by atoms with van der Waals surface area (Å²) < 4.78 is 43.9. The molecular weight excluding hydrogens is 743 g/mol. The van der Waals surface area contributed by atoms with Crippen molar-refractivity contribution < 1.29 is 27.5 Å². The lowest BCUT2D eigenvalue weighted by Crippen LogP contribution is -2.48. The smallest absolute Gasteiger partial charge is 0.422 e. The van der Waals surface area contributed by atoms with Gasteiger partial charge in [-0.25, -0.2) is 0 Å². The lowest BCUT2D eigenvalue weighted by molar-refractivity contribution is -0.154. The summed E-state index contributed by atoms with van der Waals surface area (Å²) in [5, 5.41) is 18.4. The molecule has 18 heteroatoms. The van der Waals surface area contributed by atoms with Crippen molar-refractivity contribution in [2.45, 2.75) is 62.7 Å². The maximum absolute atomic E-state index is 13.4. The molecule has 1 heterocycles. The van der Waals surface area contributed by atoms with Gasteiger partial charge in [-0.05, 0) is 98.7 Å². The number of carbonyl (C=O) groups is 2. The third-order valence-electron chi connectivity index (χ3n) is 9.67. The molecule has 7 rings (SSSR count). The van der Waals surface area contributed by atoms with Gasteiger partial charge in [0.1, 0.15) is 17.4 Å². The number of anilines is 5. The van der Waals surface area contributed by atoms with Gasteiger partial charge in [0, 0.05) is 35.9 Å². The quantitative estimate of drug-likeness (QED) is 0.0711. The molecule has 0 radical (unpaired) electrons. The van der Waals surface area contributed by atoms with Crippen LogP contribution in [0.3, 0.4) is 0 Å². The van der Waals surface area contributed by atoms with Crippen molar-refractivity contribution in [2.24, 2.45) is 11.8 Å². The number of hydrogen-bond donors (Lipinski definition) is 6. The molecule has 0 spiro atoms. The van der Waals surface area contributed by atoms with E-state index in [1.54, 1.807) is 24.3 Å². The molecule has 4 aromatic rings. The zero-order valence-corrected chi connectivity index (χ0v) is 30.3. The molecule has 0 bridgehead atoms. The highest BCUT2D eigenvalue weighted by Gasteiger charge is 2.45. The summed E-state index contributed by atoms with van der Waals surface area (Å²) in [7, 11) is 0. The Labute approximate surface area is 318 Å². The van der Waals surface area contributed by atoms with Gasteiger partial charge >= 0.3 is 12.2 Å². The van der Waals surface area contributed by atoms with Crippen LogP contribution in [-0.2, 0) is 10.3 Å². The minimum Gasteiger partial charge on any atom is -0.454 e. The molecule has 55 heavy (non-hydrogen) atoms. The van der Waals surface area contributed by atoms with Gasteiger partial charge < -0.3 is 36.6 Å². The third kappa shape index (κ3) is 10.0. The summed E-state index contributed by atoms with van der Waals surface area (Å²) in [6.45, 7) is -0.350. The Bertz CT molecular complexity index is 2100. The van der Waals surface area contributed by atoms with Crippen molar-refractivity contribution in [2.75, 3.05) is 47.5 Å². The lowest BCUT2D eigenvalue weighted by Gasteiger charge is -2.20. The highest BCUT2D eigenvalue weighted by molar-refractivity contribution is 6.30. The first-order chi connectivity index (χ1) is 26.3. The maximum Gasteiger partial charge on any atom is 0.422 e. The van der Waals surface area contributed by atoms with Crippen molar-refractivity contribution in [3.8, 4) is 6.01 Å². The number of nitrogens with one attached hydrogen (secondary N) is 6. The first-order valence-electron chi connectivity index (χ1n) is 18.1. The molecule has 3 fully saturated rings. The van der Waals surface area contributed by atoms with Crippen LogP contribution in [-0.4, -0.2) is 65.2 Å². The number of rotatable bonds is 19. The number of alkyl halides is 3. The number of benzene rings is 2. The fraction of sp³-hybridized carbons (Fsp3) is 0.432. The SMILES string of the molecule is O=C(NC(CCNc1c(NCC2CC2)c(=O)c1=O)C(=O)NCC1CC1)c1ccc(Nc2nc(NC3(c4ccc(Cl)cc4)CC3)nc(OCC(F)(F)F)n2)cc1. The molecule has 1 atom stereocenters. The van der Waals surface area contributed by atoms with Crippen molar-refractivity contribution in [1.29, 1.82) is 0 Å². The Balaban J connectivity index is 1.00. The Kier molecular flexibility index (Phi) is 10.8. The van der Waals surface area contributed by atoms with Crippen LogP contribution in [0.5, 0.6) is 6.01 Å². The highest BCUT2D eigenvalue weighted by atomic mass is 35.5. The first kappa shape index (κ1) is 37.8. The normalized spacial score (nSPS) is 16.5. The predicted molar refractivity (Wildman–Crippen MR) is 200 cm³/mol. The van der Waals surface area contributed by atoms with Gasteiger partial charge in [-0.15, -0.1) is 0 Å². The minimum atomic E-state index is -4.62. The molecule has 0 aliphatic heterocycles. The van der Waals surface area contributed by atoms with E-state index in [0.29, 0.717) is 35.6 Å². The molecule has 2 amide bonds. The van der Waals surface area contributed by atoms with Crippen LogP contribution in [0, 0.1) is 11.8 Å². The van der Waals surface area contributed by atoms with E-state index in [4.69, 9.17) is 16.3 Å². The van der Waals surface area contributed by atoms with Gasteiger partial charge in [-0.2, -0.15) is 28.1 Å². The summed E-state index contributed by atoms with van der Waals surface area (Å²) in [4.78, 5) is 63.3. The molecule has 6 N–H and O–H groups in total. The van der Waals surface area contributed by atoms with E-state index in [0.717, 1.165) is 44.1 Å². The summed E-state index contributed by atoms with van der Waals surface area (Å²) in [6.07, 6.45) is 1.17. The van der Waals surface area contributed by atoms with Crippen LogP contribution >= 0.6 is 11.6 Å². The van der Waals surface area contributed by atoms with Crippen LogP contribution in [0.25, 0.3) is 0 Å². The number of hydrogen-bond acceptors (Lipinski definition) is 12. The van der Waals surface area contributed by atoms with Gasteiger partial charge in [-0.1, -0.05) is 23.7 Å². The number of ether oxygens (including phenoxy) is 1. The van der Waals surface area contributed by atoms with Crippen LogP contribution in [0.1, 0.15) is 60.9 Å². The molecule has 0 saturated heterocycles. The molecule has 3 saturated carbocycles. The number of halogens is 4. The zero-order valence-electron chi connectivity index (χ0n) is 29.5. The topological polar surface area (TPSA) is 188 Å². The number of carbonyl (C=O) groups excluding carboxylic acids is 2. The first-order valence-corrected chi connectivity index (χ1v) is 18.5. The van der Waals surface area contributed by atoms with Crippen molar-refractivity contribution in [3.63, 3.8) is 0 Å². The second-order valence-corrected chi connectivity index (χ2v) is 14.7. The van der Waals surface area contributed by atoms with Crippen molar-refractivity contribution >= 4 is 52.4 Å². The summed E-state index contributed by atoms with van der Waals surface area (Å²) in [6, 6.07) is 11.8. The second kappa shape index (κ2) is 15.7. The van der Waals surface area contributed by atoms with Gasteiger partial charge in [0.2, 0.25) is 17.8 Å². The van der Waals surface area contributed by atoms with Gasteiger partial charge in [0.25, 0.3) is 16.8 Å². The number of amides is 2. The molecule has 3 aliphatic rings. The number of nitrogens with zero attached hydrogens (tertiary/aromatic N) is 3. The van der Waals surface area contributed by atoms with E-state index in [2.05, 4.69) is 46.9 Å². The van der Waals surface area contributed by atoms with Gasteiger partial charge in [-0.3, -0.25) is 19.2 Å². The van der Waals surface area contributed by atoms with E-state index in [1.165, 1.54) is 12.1 Å². The second-order valence-electron chi connectivity index (χ2n) is 14.2. The lowest BCUT2D eigenvalue weighted by atomic mass is 10.1. The fourth-order valence-electron chi connectivity index (χ4n) is 5.95. The monoisotopic (exact) mass is 781 g/mol. The van der Waals surface area contributed by atoms with E-state index in [1.807, 2.05) is 12.1 Å². The third-order valence-corrected chi connectivity index (χ3v) is 9.93. The molecule has 290 valence electrons. The average molecular weight is 782 g/mol. The fourth-order valence-corrected chi connectivity index (χ4v) is 6.07. The predicted octanol–water partition coefficient (Wildman–Crippen LogP) is 4.86. The molecular formula is C37H39ClF3N9O5. The average Bonchev–Trinajstić information content (AvgIpc) is 4.02. The Morgan fingerprint density at radius 2 is 1.49 bits per heavy atom. The molecule has 14 nitrogen and oxygen atoms in total. The standard InChI is InChI=1S/C37H39ClF3N9O5/c38-24-9-7-23(8-10-24)36(14-15-36)50-34-47-33(48-35(49-34)55-19-37(39,40)41)45-25-11-5-22(6-12-25)31(53)46-26(32(54)44-18-21-3-4-21)13-16-42-27-28(30(52)29(27)51)43-17-20-1-2-20/h5-12,20-21,26,42-43H,1-4,13-19H2,(H,44,54)(H,46,53)(H2,45,47,48,49,50). The molecule has 1 aromatic heterocycles. The minimum absolute atomic E-state index is 0.00562. The molecule has 3 aliphatic carbocycles. The van der Waals surface area contributed by atoms with Crippen molar-refractivity contribution in [3.05, 3.63) is 85.1 Å². The van der Waals surface area contributed by atoms with E-state index < -0.39 is 47.1 Å². The van der Waals surface area contributed by atoms with Crippen LogP contribution < -0.4 is 47.5 Å². The van der Waals surface area contributed by atoms with E-state index >= 15 is 0 Å². The van der Waals surface area contributed by atoms with Crippen LogP contribution in [0.4, 0.5) is 42.1 Å². The van der Waals surface area contributed by atoms with Gasteiger partial charge in [0.05, 0.1) is 5.54 Å². The zero-order chi connectivity index (χ0) is 38.7. The van der Waals surface area contributed by atoms with Crippen LogP contribution in [0.2, 0.25) is 5.02 Å². The maximum atomic E-state index is 13.4. The van der Waals surface area contributed by atoms with Crippen molar-refractivity contribution in [1.82, 2.24) is 25.6 Å². The van der Waals surface area contributed by atoms with E-state index in [9.17, 15) is 32.3 Å². The Morgan fingerprint density at radius 3 is 2.13 bits per heavy atom. The summed E-state index contributed by atoms with van der Waals surface area (Å²) in [5.74, 6) is -0.115. The van der Waals surface area contributed by atoms with Gasteiger partial charge in [0.15, 0.2) is 6.61 Å². The highest BCUT2D eigenvalue weighted by Crippen LogP contribution is 2.48. The summed E-state index contributed by atoms with van der Waals surface area (Å²) >= 11 is 6.05. The Morgan fingerprint density at radius 1 is 0.855 bits per heavy atom. The molecule has 1 unspecified atom stereocenters. The molecule has 3 aromatic carbocycles. The Hall–Kier alpha value is -5.45. The summed E-state index contributed by atoms with van der Waals surface area (Å²) in [5.41, 5.74) is 0.236. The largest absolute Gasteiger partial charge is 0.454 e. The number of aromatic nitrogens is 3.